The molecule has 1 aromatic rings. The van der Waals surface area contributed by atoms with Crippen molar-refractivity contribution in [2.45, 2.75) is 88.1 Å². The Hall–Kier alpha value is -0.670. The molecular weight excluding hydrogens is 493 g/mol. The molecule has 0 unspecified atom stereocenters. The molecule has 5 aliphatic carbocycles. The van der Waals surface area contributed by atoms with Gasteiger partial charge >= 0.3 is 29.6 Å². The Morgan fingerprint density at radius 1 is 0.921 bits per heavy atom. The molecule has 2 heterocycles. The molecule has 0 amide bonds. The number of carboxylic acids is 1. The van der Waals surface area contributed by atoms with Crippen LogP contribution in [0.3, 0.4) is 0 Å². The normalized spacial score (nSPS) is 40.5. The molecule has 2 spiro atoms. The van der Waals surface area contributed by atoms with Crippen molar-refractivity contribution in [1.29, 1.82) is 0 Å². The topological polar surface area (TPSA) is 80.3 Å². The maximum atomic E-state index is 11.0. The molecule has 0 atom stereocenters. The standard InChI is InChI=1S/C30H41NO6.Na/c32-28(33)24-7-11-31(12-8-24)13-14-34-27-3-1-22(2-4-27)23-5-9-29(10-6-23)35-30(37-36-29)25-16-20-15-21(18-25)19-26(30)17-20;/h1-4,20-21,23-26H,5-19H2,(H,32,33);/q;+1/p-1. The van der Waals surface area contributed by atoms with E-state index < -0.39 is 17.5 Å². The van der Waals surface area contributed by atoms with Crippen LogP contribution in [0.2, 0.25) is 0 Å². The van der Waals surface area contributed by atoms with Gasteiger partial charge in [0, 0.05) is 43.1 Å². The molecule has 0 radical (unpaired) electrons. The van der Waals surface area contributed by atoms with E-state index in [4.69, 9.17) is 19.2 Å². The van der Waals surface area contributed by atoms with Gasteiger partial charge in [-0.15, -0.1) is 0 Å². The number of aliphatic carboxylic acids is 1. The van der Waals surface area contributed by atoms with Gasteiger partial charge in [-0.2, -0.15) is 9.78 Å². The van der Waals surface area contributed by atoms with E-state index >= 15 is 0 Å². The van der Waals surface area contributed by atoms with Gasteiger partial charge in [0.15, 0.2) is 0 Å². The van der Waals surface area contributed by atoms with Gasteiger partial charge in [0.25, 0.3) is 0 Å². The molecule has 4 bridgehead atoms. The van der Waals surface area contributed by atoms with Crippen molar-refractivity contribution in [1.82, 2.24) is 4.90 Å². The van der Waals surface area contributed by atoms with Crippen LogP contribution in [0.25, 0.3) is 0 Å². The molecular formula is C30H40NNaO6. The molecule has 202 valence electrons. The first-order valence-electron chi connectivity index (χ1n) is 14.7. The molecule has 7 fully saturated rings. The number of carbonyl (C=O) groups excluding carboxylic acids is 1. The van der Waals surface area contributed by atoms with Gasteiger partial charge in [-0.3, -0.25) is 4.90 Å². The molecule has 2 saturated heterocycles. The van der Waals surface area contributed by atoms with Crippen molar-refractivity contribution in [2.24, 2.45) is 29.6 Å². The molecule has 1 aromatic carbocycles. The minimum atomic E-state index is -0.910. The second-order valence-electron chi connectivity index (χ2n) is 12.8. The number of carbonyl (C=O) groups is 1. The third kappa shape index (κ3) is 5.10. The Bertz CT molecular complexity index is 957. The Morgan fingerprint density at radius 2 is 1.55 bits per heavy atom. The van der Waals surface area contributed by atoms with Gasteiger partial charge in [0.05, 0.1) is 0 Å². The van der Waals surface area contributed by atoms with Gasteiger partial charge in [0.2, 0.25) is 11.6 Å². The molecule has 7 aliphatic rings. The first kappa shape index (κ1) is 27.5. The fourth-order valence-corrected chi connectivity index (χ4v) is 8.71. The van der Waals surface area contributed by atoms with E-state index in [0.717, 1.165) is 62.9 Å². The summed E-state index contributed by atoms with van der Waals surface area (Å²) >= 11 is 0. The van der Waals surface area contributed by atoms with Crippen molar-refractivity contribution in [3.05, 3.63) is 29.8 Å². The fraction of sp³-hybridized carbons (Fsp3) is 0.767. The zero-order valence-corrected chi connectivity index (χ0v) is 24.8. The Balaban J connectivity index is 0.00000264. The van der Waals surface area contributed by atoms with E-state index in [-0.39, 0.29) is 35.5 Å². The first-order chi connectivity index (χ1) is 18.0. The number of ether oxygens (including phenoxy) is 2. The first-order valence-corrected chi connectivity index (χ1v) is 14.7. The van der Waals surface area contributed by atoms with Crippen LogP contribution in [-0.4, -0.2) is 48.7 Å². The van der Waals surface area contributed by atoms with Crippen LogP contribution in [0.4, 0.5) is 0 Å². The zero-order chi connectivity index (χ0) is 25.0. The Labute approximate surface area is 248 Å². The number of benzene rings is 1. The van der Waals surface area contributed by atoms with E-state index in [9.17, 15) is 9.90 Å². The van der Waals surface area contributed by atoms with Crippen molar-refractivity contribution >= 4 is 5.97 Å². The molecule has 8 heteroatoms. The van der Waals surface area contributed by atoms with E-state index in [2.05, 4.69) is 29.2 Å². The van der Waals surface area contributed by atoms with Crippen molar-refractivity contribution in [2.75, 3.05) is 26.2 Å². The summed E-state index contributed by atoms with van der Waals surface area (Å²) in [6, 6.07) is 8.57. The van der Waals surface area contributed by atoms with Crippen LogP contribution < -0.4 is 39.4 Å². The van der Waals surface area contributed by atoms with E-state index in [0.29, 0.717) is 37.2 Å². The Morgan fingerprint density at radius 3 is 2.16 bits per heavy atom. The summed E-state index contributed by atoms with van der Waals surface area (Å²) in [5, 5.41) is 11.0. The predicted octanol–water partition coefficient (Wildman–Crippen LogP) is 1.02. The van der Waals surface area contributed by atoms with E-state index in [1.54, 1.807) is 0 Å². The maximum absolute atomic E-state index is 11.0. The molecule has 0 aromatic heterocycles. The molecule has 0 N–H and O–H groups in total. The zero-order valence-electron chi connectivity index (χ0n) is 22.8. The SMILES string of the molecule is O=C([O-])C1CCN(CCOc2ccc(C3CCC4(CC3)OOC3(O4)C4CC5CC(C4)CC3C5)cc2)CC1.[Na+]. The van der Waals surface area contributed by atoms with Gasteiger partial charge in [-0.1, -0.05) is 12.1 Å². The van der Waals surface area contributed by atoms with Crippen LogP contribution in [-0.2, 0) is 19.3 Å². The van der Waals surface area contributed by atoms with E-state index in [1.165, 1.54) is 37.7 Å². The van der Waals surface area contributed by atoms with Gasteiger partial charge < -0.3 is 19.4 Å². The third-order valence-corrected chi connectivity index (χ3v) is 10.6. The summed E-state index contributed by atoms with van der Waals surface area (Å²) in [5.41, 5.74) is 1.36. The second-order valence-corrected chi connectivity index (χ2v) is 12.8. The molecule has 38 heavy (non-hydrogen) atoms. The summed E-state index contributed by atoms with van der Waals surface area (Å²) < 4.78 is 12.9. The van der Waals surface area contributed by atoms with Gasteiger partial charge in [-0.25, -0.2) is 0 Å². The van der Waals surface area contributed by atoms with Gasteiger partial charge in [0.1, 0.15) is 12.4 Å². The molecule has 2 aliphatic heterocycles. The fourth-order valence-electron chi connectivity index (χ4n) is 8.71. The molecule has 7 nitrogen and oxygen atoms in total. The second kappa shape index (κ2) is 11.0. The number of likely N-dealkylation sites (tertiary alicyclic amines) is 1. The minimum Gasteiger partial charge on any atom is -0.550 e. The largest absolute Gasteiger partial charge is 1.00 e. The van der Waals surface area contributed by atoms with Crippen molar-refractivity contribution in [3.8, 4) is 5.75 Å². The van der Waals surface area contributed by atoms with Crippen LogP contribution in [0.5, 0.6) is 5.75 Å². The van der Waals surface area contributed by atoms with Crippen LogP contribution >= 0.6 is 0 Å². The summed E-state index contributed by atoms with van der Waals surface area (Å²) in [7, 11) is 0. The summed E-state index contributed by atoms with van der Waals surface area (Å²) in [4.78, 5) is 25.6. The summed E-state index contributed by atoms with van der Waals surface area (Å²) in [6.45, 7) is 3.03. The predicted molar refractivity (Wildman–Crippen MR) is 133 cm³/mol. The number of hydrogen-bond donors (Lipinski definition) is 0. The summed E-state index contributed by atoms with van der Waals surface area (Å²) in [5.74, 6) is 1.97. The van der Waals surface area contributed by atoms with Gasteiger partial charge in [-0.05, 0) is 106 Å². The number of piperidine rings is 1. The number of rotatable bonds is 6. The number of hydrogen-bond acceptors (Lipinski definition) is 7. The van der Waals surface area contributed by atoms with Crippen LogP contribution in [0, 0.1) is 29.6 Å². The Kier molecular flexibility index (Phi) is 7.93. The number of carboxylic acid groups (broad SMARTS) is 1. The maximum Gasteiger partial charge on any atom is 1.00 e. The van der Waals surface area contributed by atoms with Crippen LogP contribution in [0.15, 0.2) is 24.3 Å². The van der Waals surface area contributed by atoms with E-state index in [1.807, 2.05) is 0 Å². The monoisotopic (exact) mass is 533 g/mol. The van der Waals surface area contributed by atoms with Crippen LogP contribution in [0.1, 0.15) is 82.1 Å². The smallest absolute Gasteiger partial charge is 0.550 e. The summed E-state index contributed by atoms with van der Waals surface area (Å²) in [6.07, 6.45) is 11.6. The average Bonchev–Trinajstić information content (AvgIpc) is 3.28. The quantitative estimate of drug-likeness (QED) is 0.399. The van der Waals surface area contributed by atoms with Crippen molar-refractivity contribution in [3.63, 3.8) is 0 Å². The van der Waals surface area contributed by atoms with Crippen molar-refractivity contribution < 1.29 is 58.7 Å². The third-order valence-electron chi connectivity index (χ3n) is 10.6. The molecule has 8 rings (SSSR count). The minimum absolute atomic E-state index is 0. The molecule has 5 saturated carbocycles. The number of nitrogens with zero attached hydrogens (tertiary/aromatic N) is 1. The average molecular weight is 534 g/mol.